The minimum absolute atomic E-state index is 0.0688. The van der Waals surface area contributed by atoms with Gasteiger partial charge in [-0.15, -0.1) is 0 Å². The molecule has 0 heterocycles. The second-order valence-corrected chi connectivity index (χ2v) is 5.33. The summed E-state index contributed by atoms with van der Waals surface area (Å²) < 4.78 is 11.5. The highest BCUT2D eigenvalue weighted by atomic mass is 79.9. The molecule has 2 N–H and O–H groups in total. The Morgan fingerprint density at radius 2 is 1.95 bits per heavy atom. The van der Waals surface area contributed by atoms with E-state index >= 15 is 0 Å². The Labute approximate surface area is 138 Å². The third-order valence-electron chi connectivity index (χ3n) is 2.73. The molecular formula is C15H21BrN2O4. The fraction of sp³-hybridized carbons (Fsp3) is 0.467. The van der Waals surface area contributed by atoms with E-state index in [1.807, 2.05) is 13.8 Å². The minimum atomic E-state index is -0.354. The second kappa shape index (κ2) is 9.30. The van der Waals surface area contributed by atoms with Gasteiger partial charge in [0.25, 0.3) is 5.91 Å². The van der Waals surface area contributed by atoms with Crippen LogP contribution in [0.3, 0.4) is 0 Å². The minimum Gasteiger partial charge on any atom is -0.493 e. The van der Waals surface area contributed by atoms with E-state index in [0.717, 1.165) is 6.42 Å². The molecule has 2 amide bonds. The summed E-state index contributed by atoms with van der Waals surface area (Å²) >= 11 is 3.38. The molecule has 1 aromatic carbocycles. The number of amides is 2. The van der Waals surface area contributed by atoms with Crippen LogP contribution in [0.4, 0.5) is 0 Å². The van der Waals surface area contributed by atoms with Gasteiger partial charge in [-0.1, -0.05) is 6.92 Å². The molecule has 122 valence electrons. The highest BCUT2D eigenvalue weighted by Crippen LogP contribution is 2.36. The number of halogens is 1. The number of hydrogen-bond acceptors (Lipinski definition) is 4. The maximum atomic E-state index is 12.1. The summed E-state index contributed by atoms with van der Waals surface area (Å²) in [7, 11) is 1.51. The largest absolute Gasteiger partial charge is 0.493 e. The van der Waals surface area contributed by atoms with Gasteiger partial charge in [-0.3, -0.25) is 9.59 Å². The van der Waals surface area contributed by atoms with Crippen LogP contribution >= 0.6 is 15.9 Å². The SMILES string of the molecule is CCCOc1c(Br)cc(C(=O)NCC(=O)NCC)cc1OC. The maximum Gasteiger partial charge on any atom is 0.251 e. The number of carbonyl (C=O) groups excluding carboxylic acids is 2. The van der Waals surface area contributed by atoms with E-state index in [1.54, 1.807) is 12.1 Å². The molecule has 0 spiro atoms. The molecule has 22 heavy (non-hydrogen) atoms. The Morgan fingerprint density at radius 1 is 1.23 bits per heavy atom. The number of rotatable bonds is 8. The lowest BCUT2D eigenvalue weighted by atomic mass is 10.2. The van der Waals surface area contributed by atoms with Gasteiger partial charge in [0.2, 0.25) is 5.91 Å². The number of ether oxygens (including phenoxy) is 2. The van der Waals surface area contributed by atoms with Crippen molar-refractivity contribution < 1.29 is 19.1 Å². The summed E-state index contributed by atoms with van der Waals surface area (Å²) in [5.41, 5.74) is 0.386. The maximum absolute atomic E-state index is 12.1. The van der Waals surface area contributed by atoms with Crippen LogP contribution in [0.15, 0.2) is 16.6 Å². The van der Waals surface area contributed by atoms with Crippen molar-refractivity contribution in [3.05, 3.63) is 22.2 Å². The number of carbonyl (C=O) groups is 2. The van der Waals surface area contributed by atoms with Crippen LogP contribution in [0.5, 0.6) is 11.5 Å². The fourth-order valence-corrected chi connectivity index (χ4v) is 2.27. The Balaban J connectivity index is 2.85. The molecule has 1 aromatic rings. The molecule has 0 bridgehead atoms. The first-order chi connectivity index (χ1) is 10.5. The highest BCUT2D eigenvalue weighted by molar-refractivity contribution is 9.10. The van der Waals surface area contributed by atoms with E-state index in [0.29, 0.717) is 34.7 Å². The van der Waals surface area contributed by atoms with Crippen LogP contribution in [0.1, 0.15) is 30.6 Å². The number of likely N-dealkylation sites (N-methyl/N-ethyl adjacent to an activating group) is 1. The van der Waals surface area contributed by atoms with Crippen LogP contribution in [0.25, 0.3) is 0 Å². The molecule has 7 heteroatoms. The van der Waals surface area contributed by atoms with Gasteiger partial charge in [0, 0.05) is 12.1 Å². The molecule has 1 rings (SSSR count). The molecule has 0 aromatic heterocycles. The quantitative estimate of drug-likeness (QED) is 0.732. The third kappa shape index (κ3) is 5.22. The monoisotopic (exact) mass is 372 g/mol. The Morgan fingerprint density at radius 3 is 2.55 bits per heavy atom. The van der Waals surface area contributed by atoms with Crippen LogP contribution in [-0.4, -0.2) is 38.6 Å². The average molecular weight is 373 g/mol. The molecule has 0 fully saturated rings. The zero-order valence-corrected chi connectivity index (χ0v) is 14.6. The molecule has 6 nitrogen and oxygen atoms in total. The average Bonchev–Trinajstić information content (AvgIpc) is 2.51. The van der Waals surface area contributed by atoms with Crippen LogP contribution < -0.4 is 20.1 Å². The van der Waals surface area contributed by atoms with E-state index in [2.05, 4.69) is 26.6 Å². The number of hydrogen-bond donors (Lipinski definition) is 2. The first-order valence-corrected chi connectivity index (χ1v) is 7.87. The van der Waals surface area contributed by atoms with Gasteiger partial charge in [-0.2, -0.15) is 0 Å². The van der Waals surface area contributed by atoms with Gasteiger partial charge < -0.3 is 20.1 Å². The predicted octanol–water partition coefficient (Wildman–Crippen LogP) is 2.11. The number of nitrogens with one attached hydrogen (secondary N) is 2. The molecular weight excluding hydrogens is 352 g/mol. The molecule has 0 atom stereocenters. The van der Waals surface area contributed by atoms with E-state index in [9.17, 15) is 9.59 Å². The summed E-state index contributed by atoms with van der Waals surface area (Å²) in [5.74, 6) is 0.438. The zero-order chi connectivity index (χ0) is 16.5. The van der Waals surface area contributed by atoms with Crippen molar-refractivity contribution in [2.24, 2.45) is 0 Å². The fourth-order valence-electron chi connectivity index (χ4n) is 1.72. The lowest BCUT2D eigenvalue weighted by molar-refractivity contribution is -0.120. The van der Waals surface area contributed by atoms with Crippen LogP contribution in [-0.2, 0) is 4.79 Å². The smallest absolute Gasteiger partial charge is 0.251 e. The van der Waals surface area contributed by atoms with E-state index < -0.39 is 0 Å². The topological polar surface area (TPSA) is 76.7 Å². The van der Waals surface area contributed by atoms with Gasteiger partial charge in [0.15, 0.2) is 11.5 Å². The lowest BCUT2D eigenvalue weighted by Gasteiger charge is -2.14. The molecule has 0 unspecified atom stereocenters. The first kappa shape index (κ1) is 18.3. The summed E-state index contributed by atoms with van der Waals surface area (Å²) in [4.78, 5) is 23.5. The zero-order valence-electron chi connectivity index (χ0n) is 13.0. The first-order valence-electron chi connectivity index (χ1n) is 7.08. The van der Waals surface area contributed by atoms with Gasteiger partial charge in [-0.05, 0) is 41.4 Å². The van der Waals surface area contributed by atoms with Gasteiger partial charge >= 0.3 is 0 Å². The number of methoxy groups -OCH3 is 1. The Hall–Kier alpha value is -1.76. The van der Waals surface area contributed by atoms with Crippen molar-refractivity contribution in [1.29, 1.82) is 0 Å². The van der Waals surface area contributed by atoms with E-state index in [-0.39, 0.29) is 18.4 Å². The third-order valence-corrected chi connectivity index (χ3v) is 3.31. The van der Waals surface area contributed by atoms with E-state index in [1.165, 1.54) is 7.11 Å². The van der Waals surface area contributed by atoms with Crippen molar-refractivity contribution in [2.45, 2.75) is 20.3 Å². The second-order valence-electron chi connectivity index (χ2n) is 4.47. The van der Waals surface area contributed by atoms with E-state index in [4.69, 9.17) is 9.47 Å². The van der Waals surface area contributed by atoms with Gasteiger partial charge in [0.1, 0.15) is 0 Å². The summed E-state index contributed by atoms with van der Waals surface area (Å²) in [6.07, 6.45) is 0.865. The van der Waals surface area contributed by atoms with Gasteiger partial charge in [0.05, 0.1) is 24.7 Å². The lowest BCUT2D eigenvalue weighted by Crippen LogP contribution is -2.36. The molecule has 0 aliphatic rings. The van der Waals surface area contributed by atoms with Crippen molar-refractivity contribution in [3.8, 4) is 11.5 Å². The summed E-state index contributed by atoms with van der Waals surface area (Å²) in [5, 5.41) is 5.17. The normalized spacial score (nSPS) is 10.0. The Bertz CT molecular complexity index is 535. The van der Waals surface area contributed by atoms with Crippen molar-refractivity contribution in [2.75, 3.05) is 26.8 Å². The molecule has 0 saturated heterocycles. The molecule has 0 saturated carbocycles. The van der Waals surface area contributed by atoms with Crippen LogP contribution in [0, 0.1) is 0 Å². The number of benzene rings is 1. The highest BCUT2D eigenvalue weighted by Gasteiger charge is 2.16. The standard InChI is InChI=1S/C15H21BrN2O4/c1-4-6-22-14-11(16)7-10(8-12(14)21-3)15(20)18-9-13(19)17-5-2/h7-8H,4-6,9H2,1-3H3,(H,17,19)(H,18,20). The summed E-state index contributed by atoms with van der Waals surface area (Å²) in [6, 6.07) is 3.23. The molecule has 0 aliphatic carbocycles. The van der Waals surface area contributed by atoms with Crippen molar-refractivity contribution in [1.82, 2.24) is 10.6 Å². The summed E-state index contributed by atoms with van der Waals surface area (Å²) in [6.45, 7) is 4.83. The van der Waals surface area contributed by atoms with Gasteiger partial charge in [-0.25, -0.2) is 0 Å². The predicted molar refractivity (Wildman–Crippen MR) is 87.5 cm³/mol. The van der Waals surface area contributed by atoms with Crippen molar-refractivity contribution in [3.63, 3.8) is 0 Å². The van der Waals surface area contributed by atoms with Crippen molar-refractivity contribution >= 4 is 27.7 Å². The molecule has 0 aliphatic heterocycles. The van der Waals surface area contributed by atoms with Crippen LogP contribution in [0.2, 0.25) is 0 Å². The molecule has 0 radical (unpaired) electrons. The Kier molecular flexibility index (Phi) is 7.73.